The monoisotopic (exact) mass is 446 g/mol. The van der Waals surface area contributed by atoms with Crippen molar-refractivity contribution in [2.24, 2.45) is 0 Å². The number of hydrogen-bond acceptors (Lipinski definition) is 5. The Bertz CT molecular complexity index is 1230. The first kappa shape index (κ1) is 20.1. The lowest BCUT2D eigenvalue weighted by atomic mass is 10.1. The van der Waals surface area contributed by atoms with Gasteiger partial charge in [0.15, 0.2) is 11.5 Å². The minimum atomic E-state index is -0.607. The van der Waals surface area contributed by atoms with E-state index in [-0.39, 0.29) is 31.1 Å². The molecule has 0 bridgehead atoms. The van der Waals surface area contributed by atoms with E-state index in [2.05, 4.69) is 5.32 Å². The fourth-order valence-electron chi connectivity index (χ4n) is 5.28. The predicted molar refractivity (Wildman–Crippen MR) is 124 cm³/mol. The summed E-state index contributed by atoms with van der Waals surface area (Å²) in [5.74, 6) is 1.68. The lowest BCUT2D eigenvalue weighted by molar-refractivity contribution is -0.125. The highest BCUT2D eigenvalue weighted by molar-refractivity contribution is 6.05. The number of nitrogens with zero attached hydrogens (tertiary/aromatic N) is 3. The normalized spacial score (nSPS) is 20.2. The summed E-state index contributed by atoms with van der Waals surface area (Å²) < 4.78 is 12.7. The van der Waals surface area contributed by atoms with Crippen molar-refractivity contribution in [1.29, 1.82) is 0 Å². The van der Waals surface area contributed by atoms with Gasteiger partial charge in [0.05, 0.1) is 17.5 Å². The zero-order valence-electron chi connectivity index (χ0n) is 18.3. The van der Waals surface area contributed by atoms with E-state index in [1.54, 1.807) is 18.2 Å². The molecule has 2 aromatic carbocycles. The molecule has 3 heterocycles. The van der Waals surface area contributed by atoms with Crippen LogP contribution in [0.25, 0.3) is 11.0 Å². The second kappa shape index (κ2) is 8.10. The molecular formula is C25H26N4O4. The smallest absolute Gasteiger partial charge is 0.253 e. The number of benzene rings is 2. The Morgan fingerprint density at radius 2 is 1.82 bits per heavy atom. The molecule has 0 spiro atoms. The Balaban J connectivity index is 1.30. The van der Waals surface area contributed by atoms with Crippen LogP contribution in [0.4, 0.5) is 11.6 Å². The fraction of sp³-hybridized carbons (Fsp3) is 0.400. The Labute approximate surface area is 191 Å². The molecule has 33 heavy (non-hydrogen) atoms. The van der Waals surface area contributed by atoms with Crippen LogP contribution in [-0.4, -0.2) is 34.2 Å². The number of hydrogen-bond donors (Lipinski definition) is 1. The molecule has 1 atom stereocenters. The van der Waals surface area contributed by atoms with E-state index in [1.807, 2.05) is 33.7 Å². The second-order valence-corrected chi connectivity index (χ2v) is 8.96. The van der Waals surface area contributed by atoms with Gasteiger partial charge in [-0.1, -0.05) is 37.8 Å². The third-order valence-corrected chi connectivity index (χ3v) is 6.85. The van der Waals surface area contributed by atoms with Crippen molar-refractivity contribution < 1.29 is 19.1 Å². The van der Waals surface area contributed by atoms with Gasteiger partial charge in [0.1, 0.15) is 6.04 Å². The minimum absolute atomic E-state index is 0.0315. The number of ether oxygens (including phenoxy) is 2. The van der Waals surface area contributed by atoms with Gasteiger partial charge in [0.2, 0.25) is 18.6 Å². The number of fused-ring (bicyclic) bond motifs is 4. The summed E-state index contributed by atoms with van der Waals surface area (Å²) in [6.45, 7) is 0.177. The van der Waals surface area contributed by atoms with Gasteiger partial charge >= 0.3 is 0 Å². The molecule has 2 amide bonds. The summed E-state index contributed by atoms with van der Waals surface area (Å²) >= 11 is 0. The Morgan fingerprint density at radius 1 is 1.03 bits per heavy atom. The Hall–Kier alpha value is -3.55. The van der Waals surface area contributed by atoms with Gasteiger partial charge in [-0.05, 0) is 37.1 Å². The van der Waals surface area contributed by atoms with Crippen LogP contribution in [0, 0.1) is 0 Å². The molecule has 1 fully saturated rings. The zero-order valence-corrected chi connectivity index (χ0v) is 18.3. The van der Waals surface area contributed by atoms with Gasteiger partial charge in [0, 0.05) is 17.8 Å². The summed E-state index contributed by atoms with van der Waals surface area (Å²) in [5, 5.41) is 2.92. The van der Waals surface area contributed by atoms with Gasteiger partial charge in [0.25, 0.3) is 5.91 Å². The van der Waals surface area contributed by atoms with E-state index >= 15 is 0 Å². The first-order valence-electron chi connectivity index (χ1n) is 11.7. The molecule has 0 unspecified atom stereocenters. The number of rotatable bonds is 4. The number of amides is 2. The van der Waals surface area contributed by atoms with Crippen molar-refractivity contribution in [2.45, 2.75) is 57.0 Å². The number of nitrogens with one attached hydrogen (secondary N) is 1. The van der Waals surface area contributed by atoms with Crippen LogP contribution in [0.1, 0.15) is 51.0 Å². The number of carbonyl (C=O) groups is 2. The van der Waals surface area contributed by atoms with Gasteiger partial charge in [-0.3, -0.25) is 19.1 Å². The molecule has 6 rings (SSSR count). The van der Waals surface area contributed by atoms with E-state index in [9.17, 15) is 9.59 Å². The van der Waals surface area contributed by atoms with Crippen molar-refractivity contribution in [3.63, 3.8) is 0 Å². The summed E-state index contributed by atoms with van der Waals surface area (Å²) in [6.07, 6.45) is 6.64. The van der Waals surface area contributed by atoms with Crippen molar-refractivity contribution in [3.05, 3.63) is 42.5 Å². The molecule has 0 saturated heterocycles. The first-order valence-corrected chi connectivity index (χ1v) is 11.7. The molecule has 0 radical (unpaired) electrons. The Kier molecular flexibility index (Phi) is 4.93. The highest BCUT2D eigenvalue weighted by atomic mass is 16.7. The van der Waals surface area contributed by atoms with E-state index in [0.29, 0.717) is 23.1 Å². The van der Waals surface area contributed by atoms with Gasteiger partial charge in [-0.2, -0.15) is 0 Å². The summed E-state index contributed by atoms with van der Waals surface area (Å²) in [6, 6.07) is 12.6. The molecule has 3 aromatic rings. The number of para-hydroxylation sites is 2. The highest BCUT2D eigenvalue weighted by Crippen LogP contribution is 2.40. The maximum Gasteiger partial charge on any atom is 0.253 e. The maximum absolute atomic E-state index is 13.7. The van der Waals surface area contributed by atoms with Gasteiger partial charge in [-0.15, -0.1) is 0 Å². The molecule has 8 heteroatoms. The average Bonchev–Trinajstić information content (AvgIpc) is 3.41. The average molecular weight is 447 g/mol. The first-order chi connectivity index (χ1) is 16.2. The zero-order chi connectivity index (χ0) is 22.4. The molecular weight excluding hydrogens is 420 g/mol. The van der Waals surface area contributed by atoms with Crippen LogP contribution in [0.2, 0.25) is 0 Å². The molecule has 3 aliphatic rings. The van der Waals surface area contributed by atoms with E-state index < -0.39 is 6.04 Å². The van der Waals surface area contributed by atoms with E-state index in [4.69, 9.17) is 14.5 Å². The number of aromatic nitrogens is 2. The third-order valence-electron chi connectivity index (χ3n) is 6.85. The Morgan fingerprint density at radius 3 is 2.67 bits per heavy atom. The van der Waals surface area contributed by atoms with Crippen molar-refractivity contribution in [3.8, 4) is 11.5 Å². The summed E-state index contributed by atoms with van der Waals surface area (Å²) in [5.41, 5.74) is 2.35. The van der Waals surface area contributed by atoms with Crippen LogP contribution >= 0.6 is 0 Å². The number of anilines is 2. The molecule has 2 aliphatic heterocycles. The second-order valence-electron chi connectivity index (χ2n) is 8.96. The van der Waals surface area contributed by atoms with Gasteiger partial charge < -0.3 is 14.8 Å². The summed E-state index contributed by atoms with van der Waals surface area (Å²) in [7, 11) is 0. The van der Waals surface area contributed by atoms with Crippen LogP contribution in [-0.2, 0) is 9.59 Å². The topological polar surface area (TPSA) is 85.7 Å². The number of carbonyl (C=O) groups excluding carboxylic acids is 2. The molecule has 1 saturated carbocycles. The lowest BCUT2D eigenvalue weighted by Crippen LogP contribution is -2.39. The highest BCUT2D eigenvalue weighted by Gasteiger charge is 2.43. The quantitative estimate of drug-likeness (QED) is 0.600. The summed E-state index contributed by atoms with van der Waals surface area (Å²) in [4.78, 5) is 33.4. The largest absolute Gasteiger partial charge is 0.454 e. The lowest BCUT2D eigenvalue weighted by Gasteiger charge is -2.25. The third kappa shape index (κ3) is 3.50. The SMILES string of the molecule is O=C(C[C@@H]1C(=O)N(C2CCCCCC2)c2nc3ccccc3n21)Nc1ccc2c(c1)OCO2. The minimum Gasteiger partial charge on any atom is -0.454 e. The molecule has 1 aliphatic carbocycles. The van der Waals surface area contributed by atoms with Crippen molar-refractivity contribution in [1.82, 2.24) is 9.55 Å². The van der Waals surface area contributed by atoms with Crippen LogP contribution in [0.3, 0.4) is 0 Å². The maximum atomic E-state index is 13.7. The van der Waals surface area contributed by atoms with E-state index in [0.717, 1.165) is 36.7 Å². The standard InChI is InChI=1S/C25H26N4O4/c30-23(26-16-11-12-21-22(13-16)33-15-32-21)14-20-24(31)28(17-7-3-1-2-4-8-17)25-27-18-9-5-6-10-19(18)29(20)25/h5-6,9-13,17,20H,1-4,7-8,14-15H2,(H,26,30)/t20-/m1/s1. The van der Waals surface area contributed by atoms with E-state index in [1.165, 1.54) is 12.8 Å². The van der Waals surface area contributed by atoms with Crippen LogP contribution in [0.15, 0.2) is 42.5 Å². The molecule has 1 aromatic heterocycles. The van der Waals surface area contributed by atoms with Gasteiger partial charge in [-0.25, -0.2) is 4.98 Å². The fourth-order valence-corrected chi connectivity index (χ4v) is 5.28. The van der Waals surface area contributed by atoms with Crippen LogP contribution in [0.5, 0.6) is 11.5 Å². The molecule has 8 nitrogen and oxygen atoms in total. The molecule has 170 valence electrons. The van der Waals surface area contributed by atoms with Crippen molar-refractivity contribution in [2.75, 3.05) is 17.0 Å². The number of imidazole rings is 1. The van der Waals surface area contributed by atoms with Crippen molar-refractivity contribution >= 4 is 34.5 Å². The van der Waals surface area contributed by atoms with Crippen LogP contribution < -0.4 is 19.7 Å². The predicted octanol–water partition coefficient (Wildman–Crippen LogP) is 4.40. The molecule has 1 N–H and O–H groups in total.